The summed E-state index contributed by atoms with van der Waals surface area (Å²) in [5.41, 5.74) is 4.02. The van der Waals surface area contributed by atoms with Crippen LogP contribution in [0.2, 0.25) is 0 Å². The Balaban J connectivity index is 1.84. The van der Waals surface area contributed by atoms with Gasteiger partial charge in [0.25, 0.3) is 0 Å². The molecular weight excluding hydrogens is 234 g/mol. The fourth-order valence-electron chi connectivity index (χ4n) is 2.25. The molecule has 0 amide bonds. The molecule has 0 aromatic heterocycles. The van der Waals surface area contributed by atoms with Crippen LogP contribution >= 0.6 is 0 Å². The molecule has 94 valence electrons. The maximum Gasteiger partial charge on any atom is 0.147 e. The quantitative estimate of drug-likeness (QED) is 0.817. The molecule has 0 fully saturated rings. The normalized spacial score (nSPS) is 14.6. The molecule has 1 aromatic carbocycles. The molecule has 0 saturated heterocycles. The summed E-state index contributed by atoms with van der Waals surface area (Å²) in [4.78, 5) is 0. The van der Waals surface area contributed by atoms with E-state index in [1.165, 1.54) is 36.6 Å². The molecular formula is C13H19NO2S. The molecule has 0 bridgehead atoms. The smallest absolute Gasteiger partial charge is 0.147 e. The van der Waals surface area contributed by atoms with Crippen LogP contribution in [0.4, 0.5) is 5.69 Å². The number of aryl methyl sites for hydroxylation is 2. The fourth-order valence-corrected chi connectivity index (χ4v) is 2.92. The van der Waals surface area contributed by atoms with Crippen molar-refractivity contribution in [2.45, 2.75) is 25.7 Å². The Labute approximate surface area is 103 Å². The highest BCUT2D eigenvalue weighted by molar-refractivity contribution is 7.90. The van der Waals surface area contributed by atoms with Gasteiger partial charge in [0.05, 0.1) is 5.75 Å². The highest BCUT2D eigenvalue weighted by Crippen LogP contribution is 2.24. The van der Waals surface area contributed by atoms with Gasteiger partial charge < -0.3 is 5.32 Å². The third-order valence-corrected chi connectivity index (χ3v) is 4.15. The first-order valence-corrected chi connectivity index (χ1v) is 8.14. The number of sulfone groups is 1. The lowest BCUT2D eigenvalue weighted by atomic mass is 10.1. The van der Waals surface area contributed by atoms with Crippen LogP contribution in [0, 0.1) is 0 Å². The third-order valence-electron chi connectivity index (χ3n) is 3.12. The predicted molar refractivity (Wildman–Crippen MR) is 71.3 cm³/mol. The maximum absolute atomic E-state index is 11.0. The molecule has 0 saturated carbocycles. The lowest BCUT2D eigenvalue weighted by molar-refractivity contribution is 0.600. The minimum Gasteiger partial charge on any atom is -0.385 e. The second-order valence-corrected chi connectivity index (χ2v) is 7.01. The molecule has 4 heteroatoms. The van der Waals surface area contributed by atoms with Gasteiger partial charge in [0.1, 0.15) is 9.84 Å². The first-order chi connectivity index (χ1) is 8.04. The van der Waals surface area contributed by atoms with Crippen LogP contribution in [0.25, 0.3) is 0 Å². The van der Waals surface area contributed by atoms with Gasteiger partial charge >= 0.3 is 0 Å². The lowest BCUT2D eigenvalue weighted by Gasteiger charge is -2.08. The average Bonchev–Trinajstić information content (AvgIpc) is 2.70. The summed E-state index contributed by atoms with van der Waals surface area (Å²) in [6.45, 7) is 0.714. The summed E-state index contributed by atoms with van der Waals surface area (Å²) in [7, 11) is -2.83. The van der Waals surface area contributed by atoms with Crippen LogP contribution in [-0.2, 0) is 22.7 Å². The zero-order valence-electron chi connectivity index (χ0n) is 10.2. The van der Waals surface area contributed by atoms with E-state index in [1.54, 1.807) is 0 Å². The molecule has 0 spiro atoms. The summed E-state index contributed by atoms with van der Waals surface area (Å²) in [5, 5.41) is 3.28. The number of benzene rings is 1. The Morgan fingerprint density at radius 2 is 2.00 bits per heavy atom. The van der Waals surface area contributed by atoms with Crippen LogP contribution in [-0.4, -0.2) is 27.0 Å². The minimum absolute atomic E-state index is 0.255. The Bertz CT molecular complexity index is 494. The number of fused-ring (bicyclic) bond motifs is 1. The maximum atomic E-state index is 11.0. The van der Waals surface area contributed by atoms with E-state index in [1.807, 2.05) is 0 Å². The van der Waals surface area contributed by atoms with Crippen LogP contribution in [0.5, 0.6) is 0 Å². The Morgan fingerprint density at radius 1 is 1.24 bits per heavy atom. The predicted octanol–water partition coefficient (Wildman–Crippen LogP) is 2.02. The molecule has 3 nitrogen and oxygen atoms in total. The number of nitrogens with one attached hydrogen (secondary N) is 1. The molecule has 1 aliphatic rings. The summed E-state index contributed by atoms with van der Waals surface area (Å²) < 4.78 is 21.9. The van der Waals surface area contributed by atoms with Crippen molar-refractivity contribution in [1.29, 1.82) is 0 Å². The van der Waals surface area contributed by atoms with Gasteiger partial charge in [0.2, 0.25) is 0 Å². The molecule has 0 radical (unpaired) electrons. The van der Waals surface area contributed by atoms with E-state index < -0.39 is 9.84 Å². The molecule has 0 atom stereocenters. The van der Waals surface area contributed by atoms with Crippen molar-refractivity contribution in [3.8, 4) is 0 Å². The van der Waals surface area contributed by atoms with E-state index in [2.05, 4.69) is 23.5 Å². The Hall–Kier alpha value is -1.03. The molecule has 1 N–H and O–H groups in total. The summed E-state index contributed by atoms with van der Waals surface area (Å²) >= 11 is 0. The van der Waals surface area contributed by atoms with Gasteiger partial charge in [-0.2, -0.15) is 0 Å². The van der Waals surface area contributed by atoms with Crippen molar-refractivity contribution in [2.75, 3.05) is 23.9 Å². The van der Waals surface area contributed by atoms with Crippen LogP contribution in [0.3, 0.4) is 0 Å². The van der Waals surface area contributed by atoms with Crippen LogP contribution in [0.1, 0.15) is 24.0 Å². The van der Waals surface area contributed by atoms with Gasteiger partial charge in [0.15, 0.2) is 0 Å². The highest BCUT2D eigenvalue weighted by Gasteiger charge is 2.10. The van der Waals surface area contributed by atoms with Crippen molar-refractivity contribution in [2.24, 2.45) is 0 Å². The number of rotatable bonds is 5. The fraction of sp³-hybridized carbons (Fsp3) is 0.538. The zero-order chi connectivity index (χ0) is 12.3. The second-order valence-electron chi connectivity index (χ2n) is 4.75. The van der Waals surface area contributed by atoms with Crippen molar-refractivity contribution >= 4 is 15.5 Å². The second kappa shape index (κ2) is 5.08. The van der Waals surface area contributed by atoms with E-state index in [9.17, 15) is 8.42 Å². The largest absolute Gasteiger partial charge is 0.385 e. The zero-order valence-corrected chi connectivity index (χ0v) is 11.0. The molecule has 0 unspecified atom stereocenters. The van der Waals surface area contributed by atoms with Gasteiger partial charge in [0, 0.05) is 18.5 Å². The number of hydrogen-bond acceptors (Lipinski definition) is 3. The van der Waals surface area contributed by atoms with E-state index in [0.717, 1.165) is 5.69 Å². The van der Waals surface area contributed by atoms with E-state index >= 15 is 0 Å². The van der Waals surface area contributed by atoms with Crippen molar-refractivity contribution in [1.82, 2.24) is 0 Å². The van der Waals surface area contributed by atoms with E-state index in [4.69, 9.17) is 0 Å². The van der Waals surface area contributed by atoms with Gasteiger partial charge in [-0.15, -0.1) is 0 Å². The summed E-state index contributed by atoms with van der Waals surface area (Å²) in [5.74, 6) is 0.255. The van der Waals surface area contributed by atoms with Crippen LogP contribution < -0.4 is 5.32 Å². The molecule has 0 aliphatic heterocycles. The summed E-state index contributed by atoms with van der Waals surface area (Å²) in [6.07, 6.45) is 5.57. The molecule has 1 aliphatic carbocycles. The minimum atomic E-state index is -2.83. The van der Waals surface area contributed by atoms with Crippen molar-refractivity contribution in [3.63, 3.8) is 0 Å². The van der Waals surface area contributed by atoms with Crippen LogP contribution in [0.15, 0.2) is 18.2 Å². The average molecular weight is 253 g/mol. The first-order valence-electron chi connectivity index (χ1n) is 6.08. The Kier molecular flexibility index (Phi) is 3.72. The summed E-state index contributed by atoms with van der Waals surface area (Å²) in [6, 6.07) is 6.47. The SMILES string of the molecule is CS(=O)(=O)CCCNc1ccc2c(c1)CCC2. The van der Waals surface area contributed by atoms with E-state index in [-0.39, 0.29) is 5.75 Å². The van der Waals surface area contributed by atoms with Crippen molar-refractivity contribution in [3.05, 3.63) is 29.3 Å². The molecule has 2 rings (SSSR count). The van der Waals surface area contributed by atoms with Crippen molar-refractivity contribution < 1.29 is 8.42 Å². The Morgan fingerprint density at radius 3 is 2.76 bits per heavy atom. The lowest BCUT2D eigenvalue weighted by Crippen LogP contribution is -2.09. The van der Waals surface area contributed by atoms with E-state index in [0.29, 0.717) is 13.0 Å². The molecule has 1 aromatic rings. The monoisotopic (exact) mass is 253 g/mol. The standard InChI is InChI=1S/C13H19NO2S/c1-17(15,16)9-3-8-14-13-7-6-11-4-2-5-12(11)10-13/h6-7,10,14H,2-5,8-9H2,1H3. The van der Waals surface area contributed by atoms with Gasteiger partial charge in [-0.25, -0.2) is 8.42 Å². The number of hydrogen-bond donors (Lipinski definition) is 1. The van der Waals surface area contributed by atoms with Gasteiger partial charge in [-0.05, 0) is 48.9 Å². The number of anilines is 1. The van der Waals surface area contributed by atoms with Gasteiger partial charge in [-0.3, -0.25) is 0 Å². The topological polar surface area (TPSA) is 46.2 Å². The molecule has 17 heavy (non-hydrogen) atoms. The molecule has 0 heterocycles. The first kappa shape index (κ1) is 12.4. The highest BCUT2D eigenvalue weighted by atomic mass is 32.2. The van der Waals surface area contributed by atoms with Gasteiger partial charge in [-0.1, -0.05) is 6.07 Å². The third kappa shape index (κ3) is 3.73.